The summed E-state index contributed by atoms with van der Waals surface area (Å²) in [5.74, 6) is -0.100. The molecule has 0 aliphatic rings. The molecule has 6 heteroatoms. The van der Waals surface area contributed by atoms with Gasteiger partial charge in [0.2, 0.25) is 0 Å². The number of thiol groups is 1. The maximum absolute atomic E-state index is 11.4. The summed E-state index contributed by atoms with van der Waals surface area (Å²) in [4.78, 5) is 12.3. The molecule has 0 radical (unpaired) electrons. The number of carbonyl (C=O) groups excluding carboxylic acids is 1. The van der Waals surface area contributed by atoms with Gasteiger partial charge in [0.15, 0.2) is 0 Å². The Morgan fingerprint density at radius 3 is 2.62 bits per heavy atom. The molecule has 0 fully saturated rings. The van der Waals surface area contributed by atoms with Crippen molar-refractivity contribution in [1.29, 1.82) is 0 Å². The first-order valence-electron chi connectivity index (χ1n) is 10.2. The fourth-order valence-electron chi connectivity index (χ4n) is 3.35. The Morgan fingerprint density at radius 1 is 1.10 bits per heavy atom. The van der Waals surface area contributed by atoms with E-state index >= 15 is 0 Å². The van der Waals surface area contributed by atoms with Crippen molar-refractivity contribution in [2.24, 2.45) is 0 Å². The van der Waals surface area contributed by atoms with Crippen molar-refractivity contribution in [3.8, 4) is 0 Å². The van der Waals surface area contributed by atoms with Gasteiger partial charge in [0.1, 0.15) is 0 Å². The zero-order chi connectivity index (χ0) is 21.1. The number of halogens is 1. The molecule has 0 bridgehead atoms. The first-order chi connectivity index (χ1) is 14.1. The molecule has 2 aromatic carbocycles. The predicted octanol–water partition coefficient (Wildman–Crippen LogP) is 5.86. The van der Waals surface area contributed by atoms with Crippen LogP contribution in [0.1, 0.15) is 56.2 Å². The molecule has 4 nitrogen and oxygen atoms in total. The highest BCUT2D eigenvalue weighted by atomic mass is 35.5. The van der Waals surface area contributed by atoms with Gasteiger partial charge in [-0.05, 0) is 61.7 Å². The van der Waals surface area contributed by atoms with E-state index in [1.165, 1.54) is 0 Å². The lowest BCUT2D eigenvalue weighted by Crippen LogP contribution is -2.25. The molecule has 0 saturated heterocycles. The molecule has 29 heavy (non-hydrogen) atoms. The smallest absolute Gasteiger partial charge is 0.305 e. The van der Waals surface area contributed by atoms with Crippen LogP contribution in [0.2, 0.25) is 5.02 Å². The summed E-state index contributed by atoms with van der Waals surface area (Å²) in [5.41, 5.74) is 3.30. The third-order valence-corrected chi connectivity index (χ3v) is 5.45. The Hall–Kier alpha value is -1.69. The Morgan fingerprint density at radius 2 is 1.86 bits per heavy atom. The second kappa shape index (κ2) is 12.8. The third kappa shape index (κ3) is 7.57. The number of hydrogen-bond acceptors (Lipinski definition) is 5. The molecule has 2 N–H and O–H groups in total. The van der Waals surface area contributed by atoms with Crippen LogP contribution in [0.5, 0.6) is 0 Å². The van der Waals surface area contributed by atoms with E-state index < -0.39 is 0 Å². The zero-order valence-corrected chi connectivity index (χ0v) is 18.9. The zero-order valence-electron chi connectivity index (χ0n) is 17.2. The Bertz CT molecular complexity index is 785. The first-order valence-corrected chi connectivity index (χ1v) is 11.0. The molecule has 0 spiro atoms. The second-order valence-corrected chi connectivity index (χ2v) is 7.82. The highest BCUT2D eigenvalue weighted by molar-refractivity contribution is 7.80. The number of esters is 1. The van der Waals surface area contributed by atoms with Gasteiger partial charge in [-0.3, -0.25) is 4.79 Å². The molecule has 0 aromatic heterocycles. The Kier molecular flexibility index (Phi) is 10.4. The standard InChI is InChI=1S/C23H31ClN2O2S/c1-3-28-22(27)12-6-4-5-9-15-26-23(18-10-7-8-11-20(18)25-2)19-16-17(24)13-14-21(19)29/h7-8,10-11,13-14,16,23,25-26,29H,3-6,9,12,15H2,1-2H3. The maximum Gasteiger partial charge on any atom is 0.305 e. The number of unbranched alkanes of at least 4 members (excludes halogenated alkanes) is 3. The van der Waals surface area contributed by atoms with E-state index in [2.05, 4.69) is 35.4 Å². The van der Waals surface area contributed by atoms with Gasteiger partial charge in [-0.25, -0.2) is 0 Å². The van der Waals surface area contributed by atoms with Crippen LogP contribution >= 0.6 is 24.2 Å². The van der Waals surface area contributed by atoms with Gasteiger partial charge in [-0.15, -0.1) is 12.6 Å². The normalized spacial score (nSPS) is 11.9. The minimum absolute atomic E-state index is 0.00983. The number of hydrogen-bond donors (Lipinski definition) is 3. The number of carbonyl (C=O) groups is 1. The van der Waals surface area contributed by atoms with E-state index in [0.29, 0.717) is 18.1 Å². The van der Waals surface area contributed by atoms with Crippen molar-refractivity contribution >= 4 is 35.9 Å². The topological polar surface area (TPSA) is 50.4 Å². The van der Waals surface area contributed by atoms with E-state index in [0.717, 1.165) is 53.9 Å². The van der Waals surface area contributed by atoms with Gasteiger partial charge in [-0.1, -0.05) is 42.6 Å². The van der Waals surface area contributed by atoms with Crippen LogP contribution in [0.4, 0.5) is 5.69 Å². The van der Waals surface area contributed by atoms with E-state index in [1.807, 2.05) is 44.3 Å². The highest BCUT2D eigenvalue weighted by Crippen LogP contribution is 2.33. The summed E-state index contributed by atoms with van der Waals surface area (Å²) < 4.78 is 4.97. The molecule has 1 atom stereocenters. The number of benzene rings is 2. The van der Waals surface area contributed by atoms with Gasteiger partial charge in [0, 0.05) is 29.1 Å². The van der Waals surface area contributed by atoms with Crippen molar-refractivity contribution in [3.05, 3.63) is 58.6 Å². The molecule has 2 aromatic rings. The van der Waals surface area contributed by atoms with Gasteiger partial charge in [-0.2, -0.15) is 0 Å². The summed E-state index contributed by atoms with van der Waals surface area (Å²) in [6, 6.07) is 14.0. The minimum Gasteiger partial charge on any atom is -0.466 e. The molecule has 0 heterocycles. The predicted molar refractivity (Wildman–Crippen MR) is 124 cm³/mol. The average Bonchev–Trinajstić information content (AvgIpc) is 2.72. The molecule has 0 amide bonds. The van der Waals surface area contributed by atoms with Crippen molar-refractivity contribution < 1.29 is 9.53 Å². The van der Waals surface area contributed by atoms with Gasteiger partial charge in [0.05, 0.1) is 12.6 Å². The van der Waals surface area contributed by atoms with Crippen LogP contribution in [-0.2, 0) is 9.53 Å². The van der Waals surface area contributed by atoms with Gasteiger partial charge in [0.25, 0.3) is 0 Å². The van der Waals surface area contributed by atoms with E-state index in [-0.39, 0.29) is 12.0 Å². The van der Waals surface area contributed by atoms with Gasteiger partial charge < -0.3 is 15.4 Å². The van der Waals surface area contributed by atoms with Crippen LogP contribution in [0.3, 0.4) is 0 Å². The summed E-state index contributed by atoms with van der Waals surface area (Å²) in [7, 11) is 1.93. The SMILES string of the molecule is CCOC(=O)CCCCCCNC(c1cc(Cl)ccc1S)c1ccccc1NC. The molecular formula is C23H31ClN2O2S. The summed E-state index contributed by atoms with van der Waals surface area (Å²) in [6.45, 7) is 3.15. The fraction of sp³-hybridized carbons (Fsp3) is 0.435. The monoisotopic (exact) mass is 434 g/mol. The lowest BCUT2D eigenvalue weighted by molar-refractivity contribution is -0.143. The molecular weight excluding hydrogens is 404 g/mol. The Balaban J connectivity index is 1.99. The molecule has 0 aliphatic heterocycles. The molecule has 1 unspecified atom stereocenters. The van der Waals surface area contributed by atoms with Crippen molar-refractivity contribution in [3.63, 3.8) is 0 Å². The molecule has 0 aliphatic carbocycles. The average molecular weight is 435 g/mol. The third-order valence-electron chi connectivity index (χ3n) is 4.80. The lowest BCUT2D eigenvalue weighted by Gasteiger charge is -2.24. The number of nitrogens with one attached hydrogen (secondary N) is 2. The maximum atomic E-state index is 11.4. The largest absolute Gasteiger partial charge is 0.466 e. The van der Waals surface area contributed by atoms with Crippen molar-refractivity contribution in [1.82, 2.24) is 5.32 Å². The van der Waals surface area contributed by atoms with Crippen LogP contribution in [0.15, 0.2) is 47.4 Å². The Labute approximate surface area is 184 Å². The minimum atomic E-state index is -0.100. The number of anilines is 1. The van der Waals surface area contributed by atoms with Crippen LogP contribution in [0, 0.1) is 0 Å². The number of rotatable bonds is 12. The fourth-order valence-corrected chi connectivity index (χ4v) is 3.80. The summed E-state index contributed by atoms with van der Waals surface area (Å²) >= 11 is 10.9. The summed E-state index contributed by atoms with van der Waals surface area (Å²) in [6.07, 6.45) is 4.50. The summed E-state index contributed by atoms with van der Waals surface area (Å²) in [5, 5.41) is 7.65. The molecule has 0 saturated carbocycles. The first kappa shape index (κ1) is 23.6. The number of para-hydroxylation sites is 1. The highest BCUT2D eigenvalue weighted by Gasteiger charge is 2.19. The van der Waals surface area contributed by atoms with Crippen LogP contribution in [-0.4, -0.2) is 26.2 Å². The van der Waals surface area contributed by atoms with Crippen molar-refractivity contribution in [2.45, 2.75) is 50.0 Å². The van der Waals surface area contributed by atoms with Crippen molar-refractivity contribution in [2.75, 3.05) is 25.5 Å². The second-order valence-electron chi connectivity index (χ2n) is 6.90. The van der Waals surface area contributed by atoms with E-state index in [4.69, 9.17) is 16.3 Å². The quantitative estimate of drug-likeness (QED) is 0.222. The van der Waals surface area contributed by atoms with E-state index in [9.17, 15) is 4.79 Å². The molecule has 2 rings (SSSR count). The van der Waals surface area contributed by atoms with Crippen LogP contribution in [0.25, 0.3) is 0 Å². The number of ether oxygens (including phenoxy) is 1. The van der Waals surface area contributed by atoms with Crippen LogP contribution < -0.4 is 10.6 Å². The lowest BCUT2D eigenvalue weighted by atomic mass is 9.96. The molecule has 158 valence electrons. The van der Waals surface area contributed by atoms with Gasteiger partial charge >= 0.3 is 5.97 Å². The van der Waals surface area contributed by atoms with E-state index in [1.54, 1.807) is 0 Å².